The summed E-state index contributed by atoms with van der Waals surface area (Å²) in [6, 6.07) is -0.534. The summed E-state index contributed by atoms with van der Waals surface area (Å²) in [5.74, 6) is -1.50. The number of carbonyl (C=O) groups excluding carboxylic acids is 1. The highest BCUT2D eigenvalue weighted by molar-refractivity contribution is 5.76. The van der Waals surface area contributed by atoms with Crippen molar-refractivity contribution in [2.75, 3.05) is 0 Å². The Morgan fingerprint density at radius 2 is 1.62 bits per heavy atom. The fourth-order valence-electron chi connectivity index (χ4n) is 1.27. The Morgan fingerprint density at radius 3 is 2.00 bits per heavy atom. The van der Waals surface area contributed by atoms with Gasteiger partial charge in [0.1, 0.15) is 0 Å². The van der Waals surface area contributed by atoms with Crippen molar-refractivity contribution >= 4 is 12.0 Å². The predicted molar refractivity (Wildman–Crippen MR) is 62.3 cm³/mol. The van der Waals surface area contributed by atoms with E-state index in [0.717, 1.165) is 12.8 Å². The molecular formula is C11H22N2O3. The second-order valence-corrected chi connectivity index (χ2v) is 4.05. The van der Waals surface area contributed by atoms with Gasteiger partial charge in [0, 0.05) is 12.1 Å². The van der Waals surface area contributed by atoms with Crippen molar-refractivity contribution < 1.29 is 14.7 Å². The van der Waals surface area contributed by atoms with Crippen LogP contribution in [0, 0.1) is 5.92 Å². The number of amides is 2. The number of rotatable bonds is 6. The molecule has 0 bridgehead atoms. The maximum absolute atomic E-state index is 11.5. The highest BCUT2D eigenvalue weighted by atomic mass is 16.4. The smallest absolute Gasteiger partial charge is 0.315 e. The zero-order valence-electron chi connectivity index (χ0n) is 10.4. The second kappa shape index (κ2) is 7.09. The van der Waals surface area contributed by atoms with E-state index >= 15 is 0 Å². The van der Waals surface area contributed by atoms with E-state index < -0.39 is 11.9 Å². The van der Waals surface area contributed by atoms with E-state index in [2.05, 4.69) is 10.6 Å². The first-order valence-corrected chi connectivity index (χ1v) is 5.72. The molecule has 0 aliphatic rings. The lowest BCUT2D eigenvalue weighted by Crippen LogP contribution is -2.48. The molecule has 0 heterocycles. The van der Waals surface area contributed by atoms with Gasteiger partial charge in [-0.1, -0.05) is 13.8 Å². The summed E-state index contributed by atoms with van der Waals surface area (Å²) < 4.78 is 0. The van der Waals surface area contributed by atoms with Gasteiger partial charge in [-0.25, -0.2) is 4.79 Å². The summed E-state index contributed by atoms with van der Waals surface area (Å²) in [6.45, 7) is 7.26. The zero-order valence-corrected chi connectivity index (χ0v) is 10.4. The summed E-state index contributed by atoms with van der Waals surface area (Å²) in [5, 5.41) is 14.2. The van der Waals surface area contributed by atoms with Gasteiger partial charge in [0.2, 0.25) is 0 Å². The van der Waals surface area contributed by atoms with Gasteiger partial charge >= 0.3 is 12.0 Å². The molecule has 2 unspecified atom stereocenters. The van der Waals surface area contributed by atoms with Gasteiger partial charge < -0.3 is 15.7 Å². The molecule has 0 aliphatic carbocycles. The van der Waals surface area contributed by atoms with Gasteiger partial charge in [-0.15, -0.1) is 0 Å². The standard InChI is InChI=1S/C11H22N2O3/c1-5-9(6-2)13-11(16)12-8(4)7(3)10(14)15/h7-9H,5-6H2,1-4H3,(H,14,15)(H2,12,13,16). The SMILES string of the molecule is CCC(CC)NC(=O)NC(C)C(C)C(=O)O. The molecule has 0 aromatic rings. The maximum atomic E-state index is 11.5. The highest BCUT2D eigenvalue weighted by Crippen LogP contribution is 2.02. The summed E-state index contributed by atoms with van der Waals surface area (Å²) in [4.78, 5) is 22.2. The molecule has 0 radical (unpaired) electrons. The van der Waals surface area contributed by atoms with Crippen molar-refractivity contribution in [3.05, 3.63) is 0 Å². The van der Waals surface area contributed by atoms with Gasteiger partial charge in [-0.2, -0.15) is 0 Å². The molecule has 2 atom stereocenters. The lowest BCUT2D eigenvalue weighted by atomic mass is 10.0. The molecule has 0 aromatic heterocycles. The number of aliphatic carboxylic acids is 1. The van der Waals surface area contributed by atoms with Crippen molar-refractivity contribution in [3.8, 4) is 0 Å². The molecule has 0 spiro atoms. The van der Waals surface area contributed by atoms with Gasteiger partial charge in [-0.3, -0.25) is 4.79 Å². The third-order valence-electron chi connectivity index (χ3n) is 2.82. The third-order valence-corrected chi connectivity index (χ3v) is 2.82. The number of carboxylic acids is 1. The fraction of sp³-hybridized carbons (Fsp3) is 0.818. The number of carbonyl (C=O) groups is 2. The topological polar surface area (TPSA) is 78.4 Å². The van der Waals surface area contributed by atoms with Gasteiger partial charge in [-0.05, 0) is 26.7 Å². The molecule has 5 heteroatoms. The molecule has 3 N–H and O–H groups in total. The summed E-state index contributed by atoms with van der Waals surface area (Å²) >= 11 is 0. The molecule has 0 aliphatic heterocycles. The first kappa shape index (κ1) is 14.7. The molecule has 5 nitrogen and oxygen atoms in total. The molecular weight excluding hydrogens is 208 g/mol. The van der Waals surface area contributed by atoms with Crippen LogP contribution < -0.4 is 10.6 Å². The Balaban J connectivity index is 4.09. The summed E-state index contributed by atoms with van der Waals surface area (Å²) in [6.07, 6.45) is 1.74. The van der Waals surface area contributed by atoms with E-state index in [-0.39, 0.29) is 18.1 Å². The predicted octanol–water partition coefficient (Wildman–Crippen LogP) is 1.58. The Labute approximate surface area is 96.6 Å². The first-order valence-electron chi connectivity index (χ1n) is 5.72. The molecule has 0 saturated heterocycles. The van der Waals surface area contributed by atoms with Gasteiger partial charge in [0.15, 0.2) is 0 Å². The maximum Gasteiger partial charge on any atom is 0.315 e. The van der Waals surface area contributed by atoms with E-state index in [1.807, 2.05) is 13.8 Å². The minimum Gasteiger partial charge on any atom is -0.481 e. The van der Waals surface area contributed by atoms with Crippen LogP contribution >= 0.6 is 0 Å². The van der Waals surface area contributed by atoms with Gasteiger partial charge in [0.25, 0.3) is 0 Å². The lowest BCUT2D eigenvalue weighted by molar-refractivity contribution is -0.141. The monoisotopic (exact) mass is 230 g/mol. The Kier molecular flexibility index (Phi) is 6.53. The lowest BCUT2D eigenvalue weighted by Gasteiger charge is -2.21. The van der Waals surface area contributed by atoms with E-state index in [4.69, 9.17) is 5.11 Å². The number of nitrogens with one attached hydrogen (secondary N) is 2. The van der Waals surface area contributed by atoms with Crippen molar-refractivity contribution in [2.45, 2.75) is 52.6 Å². The highest BCUT2D eigenvalue weighted by Gasteiger charge is 2.21. The zero-order chi connectivity index (χ0) is 12.7. The van der Waals surface area contributed by atoms with Crippen LogP contribution in [0.25, 0.3) is 0 Å². The van der Waals surface area contributed by atoms with Crippen molar-refractivity contribution in [1.29, 1.82) is 0 Å². The first-order chi connectivity index (χ1) is 7.42. The van der Waals surface area contributed by atoms with Crippen LogP contribution in [0.1, 0.15) is 40.5 Å². The molecule has 16 heavy (non-hydrogen) atoms. The number of carboxylic acid groups (broad SMARTS) is 1. The Hall–Kier alpha value is -1.26. The molecule has 0 rings (SSSR count). The van der Waals surface area contributed by atoms with Crippen LogP contribution in [0.2, 0.25) is 0 Å². The van der Waals surface area contributed by atoms with Crippen LogP contribution in [0.4, 0.5) is 4.79 Å². The molecule has 0 saturated carbocycles. The fourth-order valence-corrected chi connectivity index (χ4v) is 1.27. The normalized spacial score (nSPS) is 14.3. The second-order valence-electron chi connectivity index (χ2n) is 4.05. The summed E-state index contributed by atoms with van der Waals surface area (Å²) in [7, 11) is 0. The van der Waals surface area contributed by atoms with E-state index in [0.29, 0.717) is 0 Å². The average molecular weight is 230 g/mol. The van der Waals surface area contributed by atoms with Crippen molar-refractivity contribution in [2.24, 2.45) is 5.92 Å². The summed E-state index contributed by atoms with van der Waals surface area (Å²) in [5.41, 5.74) is 0. The van der Waals surface area contributed by atoms with Crippen LogP contribution in [0.5, 0.6) is 0 Å². The minimum atomic E-state index is -0.907. The number of hydrogen-bond acceptors (Lipinski definition) is 2. The number of urea groups is 1. The largest absolute Gasteiger partial charge is 0.481 e. The van der Waals surface area contributed by atoms with E-state index in [9.17, 15) is 9.59 Å². The molecule has 0 fully saturated rings. The van der Waals surface area contributed by atoms with Crippen molar-refractivity contribution in [1.82, 2.24) is 10.6 Å². The third kappa shape index (κ3) is 5.00. The minimum absolute atomic E-state index is 0.146. The quantitative estimate of drug-likeness (QED) is 0.648. The van der Waals surface area contributed by atoms with Crippen LogP contribution in [0.3, 0.4) is 0 Å². The Bertz CT molecular complexity index is 239. The molecule has 0 aromatic carbocycles. The van der Waals surface area contributed by atoms with E-state index in [1.165, 1.54) is 0 Å². The molecule has 94 valence electrons. The van der Waals surface area contributed by atoms with Gasteiger partial charge in [0.05, 0.1) is 5.92 Å². The van der Waals surface area contributed by atoms with Crippen LogP contribution in [0.15, 0.2) is 0 Å². The Morgan fingerprint density at radius 1 is 1.12 bits per heavy atom. The van der Waals surface area contributed by atoms with Crippen LogP contribution in [-0.4, -0.2) is 29.2 Å². The molecule has 2 amide bonds. The van der Waals surface area contributed by atoms with Crippen molar-refractivity contribution in [3.63, 3.8) is 0 Å². The number of hydrogen-bond donors (Lipinski definition) is 3. The van der Waals surface area contributed by atoms with Crippen LogP contribution in [-0.2, 0) is 4.79 Å². The van der Waals surface area contributed by atoms with E-state index in [1.54, 1.807) is 13.8 Å². The average Bonchev–Trinajstić information content (AvgIpc) is 2.24.